The van der Waals surface area contributed by atoms with Gasteiger partial charge in [0.05, 0.1) is 6.34 Å². The van der Waals surface area contributed by atoms with Crippen LogP contribution in [0, 0.1) is 0 Å². The number of amides is 1. The predicted octanol–water partition coefficient (Wildman–Crippen LogP) is 1.83. The first-order valence-electron chi connectivity index (χ1n) is 5.07. The zero-order valence-corrected chi connectivity index (χ0v) is 8.71. The van der Waals surface area contributed by atoms with E-state index >= 15 is 0 Å². The smallest absolute Gasteiger partial charge is 0.255 e. The van der Waals surface area contributed by atoms with Gasteiger partial charge < -0.3 is 4.90 Å². The first-order valence-corrected chi connectivity index (χ1v) is 5.07. The van der Waals surface area contributed by atoms with E-state index in [-0.39, 0.29) is 11.4 Å². The normalized spacial score (nSPS) is 23.6. The highest BCUT2D eigenvalue weighted by Gasteiger charge is 2.45. The summed E-state index contributed by atoms with van der Waals surface area (Å²) in [4.78, 5) is 17.4. The summed E-state index contributed by atoms with van der Waals surface area (Å²) in [6.07, 6.45) is 5.86. The van der Waals surface area contributed by atoms with E-state index in [4.69, 9.17) is 0 Å². The molecular formula is C10H18N2O. The van der Waals surface area contributed by atoms with Gasteiger partial charge in [0.25, 0.3) is 5.91 Å². The average molecular weight is 182 g/mol. The molecule has 13 heavy (non-hydrogen) atoms. The van der Waals surface area contributed by atoms with Crippen LogP contribution in [0.4, 0.5) is 0 Å². The molecular weight excluding hydrogens is 164 g/mol. The minimum Gasteiger partial charge on any atom is -0.304 e. The van der Waals surface area contributed by atoms with Gasteiger partial charge in [0, 0.05) is 7.05 Å². The highest BCUT2D eigenvalue weighted by atomic mass is 16.2. The van der Waals surface area contributed by atoms with Crippen LogP contribution in [-0.2, 0) is 4.79 Å². The summed E-state index contributed by atoms with van der Waals surface area (Å²) < 4.78 is 0. The van der Waals surface area contributed by atoms with Crippen LogP contribution in [0.3, 0.4) is 0 Å². The molecule has 2 rings (SSSR count). The van der Waals surface area contributed by atoms with Gasteiger partial charge in [-0.2, -0.15) is 0 Å². The van der Waals surface area contributed by atoms with E-state index in [9.17, 15) is 4.79 Å². The molecule has 1 heterocycles. The Morgan fingerprint density at radius 2 is 1.92 bits per heavy atom. The number of carbonyl (C=O) groups is 1. The highest BCUT2D eigenvalue weighted by Crippen LogP contribution is 2.36. The maximum Gasteiger partial charge on any atom is 0.255 e. The van der Waals surface area contributed by atoms with Gasteiger partial charge in [-0.1, -0.05) is 26.7 Å². The summed E-state index contributed by atoms with van der Waals surface area (Å²) >= 11 is 0. The zero-order chi connectivity index (χ0) is 9.90. The molecule has 0 saturated heterocycles. The first-order chi connectivity index (χ1) is 6.25. The van der Waals surface area contributed by atoms with Crippen molar-refractivity contribution < 1.29 is 4.79 Å². The van der Waals surface area contributed by atoms with Gasteiger partial charge in [0.2, 0.25) is 0 Å². The Bertz CT molecular complexity index is 217. The van der Waals surface area contributed by atoms with Gasteiger partial charge in [0.15, 0.2) is 0 Å². The van der Waals surface area contributed by atoms with E-state index in [1.807, 2.05) is 13.8 Å². The van der Waals surface area contributed by atoms with Gasteiger partial charge >= 0.3 is 0 Å². The lowest BCUT2D eigenvalue weighted by atomic mass is 9.98. The maximum atomic E-state index is 11.5. The Labute approximate surface area is 79.8 Å². The maximum absolute atomic E-state index is 11.5. The lowest BCUT2D eigenvalue weighted by Gasteiger charge is -2.17. The Balaban J connectivity index is 0.000000396. The van der Waals surface area contributed by atoms with E-state index in [1.165, 1.54) is 0 Å². The fraction of sp³-hybridized carbons (Fsp3) is 0.800. The lowest BCUT2D eigenvalue weighted by molar-refractivity contribution is -0.129. The molecule has 0 aromatic carbocycles. The van der Waals surface area contributed by atoms with Crippen molar-refractivity contribution in [3.8, 4) is 0 Å². The summed E-state index contributed by atoms with van der Waals surface area (Å²) in [6, 6.07) is 0. The quantitative estimate of drug-likeness (QED) is 0.562. The van der Waals surface area contributed by atoms with E-state index in [0.29, 0.717) is 0 Å². The van der Waals surface area contributed by atoms with E-state index in [0.717, 1.165) is 25.7 Å². The third kappa shape index (κ3) is 1.60. The molecule has 0 aromatic heterocycles. The van der Waals surface area contributed by atoms with Gasteiger partial charge in [-0.15, -0.1) is 0 Å². The molecule has 2 aliphatic rings. The number of nitrogens with zero attached hydrogens (tertiary/aromatic N) is 2. The molecule has 1 saturated carbocycles. The second-order valence-electron chi connectivity index (χ2n) is 3.40. The van der Waals surface area contributed by atoms with Gasteiger partial charge in [-0.3, -0.25) is 9.79 Å². The molecule has 1 amide bonds. The summed E-state index contributed by atoms with van der Waals surface area (Å²) in [5.74, 6) is 0.190. The first kappa shape index (κ1) is 10.2. The molecule has 3 heteroatoms. The van der Waals surface area contributed by atoms with Crippen LogP contribution in [0.5, 0.6) is 0 Å². The molecule has 0 bridgehead atoms. The highest BCUT2D eigenvalue weighted by molar-refractivity contribution is 5.99. The van der Waals surface area contributed by atoms with Gasteiger partial charge in [0.1, 0.15) is 5.54 Å². The minimum atomic E-state index is -0.325. The van der Waals surface area contributed by atoms with Crippen molar-refractivity contribution in [2.24, 2.45) is 4.99 Å². The molecule has 74 valence electrons. The summed E-state index contributed by atoms with van der Waals surface area (Å²) in [5.41, 5.74) is -0.325. The van der Waals surface area contributed by atoms with Crippen molar-refractivity contribution in [2.75, 3.05) is 7.05 Å². The van der Waals surface area contributed by atoms with Crippen LogP contribution in [0.15, 0.2) is 4.99 Å². The van der Waals surface area contributed by atoms with Crippen molar-refractivity contribution in [1.29, 1.82) is 0 Å². The molecule has 1 spiro atoms. The van der Waals surface area contributed by atoms with Crippen LogP contribution >= 0.6 is 0 Å². The van der Waals surface area contributed by atoms with Crippen molar-refractivity contribution >= 4 is 12.2 Å². The number of likely N-dealkylation sites (N-methyl/N-ethyl adjacent to an activating group) is 1. The number of carbonyl (C=O) groups excluding carboxylic acids is 1. The fourth-order valence-corrected chi connectivity index (χ4v) is 1.94. The monoisotopic (exact) mass is 182 g/mol. The third-order valence-corrected chi connectivity index (χ3v) is 2.63. The summed E-state index contributed by atoms with van der Waals surface area (Å²) in [6.45, 7) is 4.00. The fourth-order valence-electron chi connectivity index (χ4n) is 1.94. The van der Waals surface area contributed by atoms with E-state index in [1.54, 1.807) is 18.3 Å². The Morgan fingerprint density at radius 3 is 2.31 bits per heavy atom. The second-order valence-corrected chi connectivity index (χ2v) is 3.40. The second kappa shape index (κ2) is 3.90. The molecule has 0 unspecified atom stereocenters. The lowest BCUT2D eigenvalue weighted by Crippen LogP contribution is -2.37. The van der Waals surface area contributed by atoms with Crippen LogP contribution in [0.2, 0.25) is 0 Å². The van der Waals surface area contributed by atoms with E-state index < -0.39 is 0 Å². The molecule has 1 aliphatic carbocycles. The molecule has 0 atom stereocenters. The van der Waals surface area contributed by atoms with Crippen molar-refractivity contribution in [3.63, 3.8) is 0 Å². The average Bonchev–Trinajstić information content (AvgIpc) is 2.74. The van der Waals surface area contributed by atoms with Crippen molar-refractivity contribution in [2.45, 2.75) is 45.1 Å². The number of aliphatic imine (C=N–C) groups is 1. The summed E-state index contributed by atoms with van der Waals surface area (Å²) in [7, 11) is 1.78. The summed E-state index contributed by atoms with van der Waals surface area (Å²) in [5, 5.41) is 0. The number of rotatable bonds is 0. The molecule has 0 N–H and O–H groups in total. The van der Waals surface area contributed by atoms with Crippen molar-refractivity contribution in [1.82, 2.24) is 4.90 Å². The molecule has 0 aromatic rings. The number of hydrogen-bond donors (Lipinski definition) is 0. The van der Waals surface area contributed by atoms with Gasteiger partial charge in [-0.05, 0) is 12.8 Å². The standard InChI is InChI=1S/C8H12N2O.C2H6/c1-10-6-9-8(7(10)11)4-2-3-5-8;1-2/h6H,2-5H2,1H3;1-2H3. The van der Waals surface area contributed by atoms with Crippen LogP contribution in [0.1, 0.15) is 39.5 Å². The topological polar surface area (TPSA) is 32.7 Å². The van der Waals surface area contributed by atoms with Crippen LogP contribution < -0.4 is 0 Å². The predicted molar refractivity (Wildman–Crippen MR) is 53.8 cm³/mol. The molecule has 0 radical (unpaired) electrons. The minimum absolute atomic E-state index is 0.190. The van der Waals surface area contributed by atoms with E-state index in [2.05, 4.69) is 4.99 Å². The molecule has 3 nitrogen and oxygen atoms in total. The van der Waals surface area contributed by atoms with Crippen molar-refractivity contribution in [3.05, 3.63) is 0 Å². The van der Waals surface area contributed by atoms with Crippen LogP contribution in [0.25, 0.3) is 0 Å². The number of hydrogen-bond acceptors (Lipinski definition) is 2. The Morgan fingerprint density at radius 1 is 1.38 bits per heavy atom. The molecule has 1 fully saturated rings. The Hall–Kier alpha value is -0.860. The van der Waals surface area contributed by atoms with Crippen LogP contribution in [-0.4, -0.2) is 29.7 Å². The largest absolute Gasteiger partial charge is 0.304 e. The Kier molecular flexibility index (Phi) is 3.07. The van der Waals surface area contributed by atoms with Gasteiger partial charge in [-0.25, -0.2) is 0 Å². The third-order valence-electron chi connectivity index (χ3n) is 2.63. The molecule has 1 aliphatic heterocycles. The SMILES string of the molecule is CC.CN1C=NC2(CCCC2)C1=O. The zero-order valence-electron chi connectivity index (χ0n) is 8.71.